The van der Waals surface area contributed by atoms with Crippen molar-refractivity contribution in [2.75, 3.05) is 6.54 Å². The molecule has 1 fully saturated rings. The Morgan fingerprint density at radius 1 is 1.00 bits per heavy atom. The Balaban J connectivity index is 1.68. The molecule has 4 heteroatoms. The summed E-state index contributed by atoms with van der Waals surface area (Å²) in [5.74, 6) is 0.117. The Hall–Kier alpha value is -2.88. The lowest BCUT2D eigenvalue weighted by molar-refractivity contribution is -0.135. The first-order valence-corrected chi connectivity index (χ1v) is 9.62. The summed E-state index contributed by atoms with van der Waals surface area (Å²) in [7, 11) is 0. The van der Waals surface area contributed by atoms with Crippen LogP contribution >= 0.6 is 0 Å². The molecule has 2 heterocycles. The number of amides is 1. The van der Waals surface area contributed by atoms with E-state index in [0.717, 1.165) is 30.3 Å². The van der Waals surface area contributed by atoms with Gasteiger partial charge >= 0.3 is 0 Å². The number of rotatable bonds is 4. The zero-order valence-corrected chi connectivity index (χ0v) is 15.6. The van der Waals surface area contributed by atoms with Gasteiger partial charge in [0.15, 0.2) is 5.78 Å². The highest BCUT2D eigenvalue weighted by atomic mass is 16.2. The molecule has 1 aliphatic rings. The van der Waals surface area contributed by atoms with Crippen LogP contribution in [0.4, 0.5) is 0 Å². The first-order valence-electron chi connectivity index (χ1n) is 9.62. The summed E-state index contributed by atoms with van der Waals surface area (Å²) in [6.07, 6.45) is 5.16. The van der Waals surface area contributed by atoms with Crippen LogP contribution in [0.3, 0.4) is 0 Å². The minimum atomic E-state index is -0.00987. The van der Waals surface area contributed by atoms with E-state index in [1.165, 1.54) is 6.42 Å². The van der Waals surface area contributed by atoms with Crippen molar-refractivity contribution in [3.05, 3.63) is 71.9 Å². The van der Waals surface area contributed by atoms with Crippen LogP contribution in [0.5, 0.6) is 0 Å². The number of carbonyl (C=O) groups excluding carboxylic acids is 2. The average molecular weight is 360 g/mol. The van der Waals surface area contributed by atoms with Crippen molar-refractivity contribution in [1.29, 1.82) is 0 Å². The minimum Gasteiger partial charge on any atom is -0.338 e. The molecule has 0 radical (unpaired) electrons. The topological polar surface area (TPSA) is 42.3 Å². The predicted octanol–water partition coefficient (Wildman–Crippen LogP) is 4.27. The van der Waals surface area contributed by atoms with Crippen molar-refractivity contribution >= 4 is 22.6 Å². The molecule has 27 heavy (non-hydrogen) atoms. The lowest BCUT2D eigenvalue weighted by Gasteiger charge is -2.33. The van der Waals surface area contributed by atoms with Crippen LogP contribution in [0.25, 0.3) is 10.9 Å². The van der Waals surface area contributed by atoms with E-state index >= 15 is 0 Å². The Bertz CT molecular complexity index is 974. The molecule has 3 aromatic rings. The van der Waals surface area contributed by atoms with E-state index < -0.39 is 0 Å². The first kappa shape index (κ1) is 17.5. The number of hydrogen-bond acceptors (Lipinski definition) is 2. The number of para-hydroxylation sites is 1. The summed E-state index contributed by atoms with van der Waals surface area (Å²) in [6, 6.07) is 17.4. The fraction of sp³-hybridized carbons (Fsp3) is 0.304. The van der Waals surface area contributed by atoms with E-state index in [1.54, 1.807) is 0 Å². The van der Waals surface area contributed by atoms with Gasteiger partial charge in [0.1, 0.15) is 6.54 Å². The van der Waals surface area contributed by atoms with E-state index in [2.05, 4.69) is 6.92 Å². The predicted molar refractivity (Wildman–Crippen MR) is 107 cm³/mol. The SMILES string of the molecule is C[C@@H]1CCCCN1C(=O)Cn1cc(C(=O)c2ccccc2)c2ccccc21. The molecule has 1 saturated heterocycles. The van der Waals surface area contributed by atoms with Gasteiger partial charge in [-0.25, -0.2) is 0 Å². The average Bonchev–Trinajstić information content (AvgIpc) is 3.07. The number of fused-ring (bicyclic) bond motifs is 1. The largest absolute Gasteiger partial charge is 0.338 e. The van der Waals surface area contributed by atoms with Crippen molar-refractivity contribution in [3.63, 3.8) is 0 Å². The standard InChI is InChI=1S/C23H24N2O2/c1-17-9-7-8-14-25(17)22(26)16-24-15-20(19-12-5-6-13-21(19)24)23(27)18-10-3-2-4-11-18/h2-6,10-13,15,17H,7-9,14,16H2,1H3/t17-/m1/s1. The number of benzene rings is 2. The van der Waals surface area contributed by atoms with Crippen molar-refractivity contribution in [2.24, 2.45) is 0 Å². The van der Waals surface area contributed by atoms with Crippen molar-refractivity contribution in [3.8, 4) is 0 Å². The molecule has 2 aromatic carbocycles. The van der Waals surface area contributed by atoms with Gasteiger partial charge in [0.2, 0.25) is 5.91 Å². The summed E-state index contributed by atoms with van der Waals surface area (Å²) in [6.45, 7) is 3.22. The molecule has 138 valence electrons. The molecule has 1 aliphatic heterocycles. The van der Waals surface area contributed by atoms with Crippen LogP contribution in [-0.2, 0) is 11.3 Å². The maximum absolute atomic E-state index is 13.0. The second-order valence-corrected chi connectivity index (χ2v) is 7.31. The van der Waals surface area contributed by atoms with Crippen molar-refractivity contribution < 1.29 is 9.59 Å². The van der Waals surface area contributed by atoms with Gasteiger partial charge in [-0.15, -0.1) is 0 Å². The Morgan fingerprint density at radius 2 is 1.74 bits per heavy atom. The molecule has 1 aromatic heterocycles. The van der Waals surface area contributed by atoms with Crippen LogP contribution in [-0.4, -0.2) is 33.7 Å². The second kappa shape index (κ2) is 7.39. The minimum absolute atomic E-state index is 0.00987. The number of nitrogens with zero attached hydrogens (tertiary/aromatic N) is 2. The van der Waals surface area contributed by atoms with Gasteiger partial charge in [-0.05, 0) is 32.3 Å². The normalized spacial score (nSPS) is 17.2. The van der Waals surface area contributed by atoms with Crippen LogP contribution in [0, 0.1) is 0 Å². The van der Waals surface area contributed by atoms with Gasteiger partial charge in [0.25, 0.3) is 0 Å². The number of likely N-dealkylation sites (tertiary alicyclic amines) is 1. The molecule has 0 spiro atoms. The Morgan fingerprint density at radius 3 is 2.52 bits per heavy atom. The van der Waals surface area contributed by atoms with E-state index in [9.17, 15) is 9.59 Å². The lowest BCUT2D eigenvalue weighted by Crippen LogP contribution is -2.43. The molecular weight excluding hydrogens is 336 g/mol. The van der Waals surface area contributed by atoms with Crippen LogP contribution in [0.2, 0.25) is 0 Å². The smallest absolute Gasteiger partial charge is 0.242 e. The summed E-state index contributed by atoms with van der Waals surface area (Å²) >= 11 is 0. The van der Waals surface area contributed by atoms with E-state index in [-0.39, 0.29) is 18.2 Å². The fourth-order valence-corrected chi connectivity index (χ4v) is 4.01. The molecule has 0 unspecified atom stereocenters. The number of carbonyl (C=O) groups is 2. The summed E-state index contributed by atoms with van der Waals surface area (Å²) in [5, 5.41) is 0.894. The highest BCUT2D eigenvalue weighted by Crippen LogP contribution is 2.25. The maximum atomic E-state index is 13.0. The molecule has 1 atom stereocenters. The van der Waals surface area contributed by atoms with Gasteiger partial charge in [0, 0.05) is 40.8 Å². The molecule has 0 aliphatic carbocycles. The summed E-state index contributed by atoms with van der Waals surface area (Å²) in [5.41, 5.74) is 2.24. The maximum Gasteiger partial charge on any atom is 0.242 e. The van der Waals surface area contributed by atoms with Gasteiger partial charge in [-0.2, -0.15) is 0 Å². The highest BCUT2D eigenvalue weighted by molar-refractivity contribution is 6.16. The third-order valence-corrected chi connectivity index (χ3v) is 5.50. The van der Waals surface area contributed by atoms with E-state index in [4.69, 9.17) is 0 Å². The number of ketones is 1. The molecule has 1 amide bonds. The van der Waals surface area contributed by atoms with Crippen LogP contribution in [0.15, 0.2) is 60.8 Å². The third-order valence-electron chi connectivity index (χ3n) is 5.50. The zero-order valence-electron chi connectivity index (χ0n) is 15.6. The molecular formula is C23H24N2O2. The third kappa shape index (κ3) is 3.39. The quantitative estimate of drug-likeness (QED) is 0.652. The van der Waals surface area contributed by atoms with Gasteiger partial charge in [-0.1, -0.05) is 48.5 Å². The van der Waals surface area contributed by atoms with Crippen molar-refractivity contribution in [1.82, 2.24) is 9.47 Å². The van der Waals surface area contributed by atoms with Gasteiger partial charge in [0.05, 0.1) is 0 Å². The molecule has 0 bridgehead atoms. The molecule has 0 saturated carbocycles. The Kier molecular flexibility index (Phi) is 4.80. The number of aromatic nitrogens is 1. The Labute approximate surface area is 159 Å². The van der Waals surface area contributed by atoms with Crippen LogP contribution in [0.1, 0.15) is 42.1 Å². The van der Waals surface area contributed by atoms with E-state index in [1.807, 2.05) is 70.3 Å². The fourth-order valence-electron chi connectivity index (χ4n) is 4.01. The zero-order chi connectivity index (χ0) is 18.8. The summed E-state index contributed by atoms with van der Waals surface area (Å²) < 4.78 is 1.93. The molecule has 4 rings (SSSR count). The van der Waals surface area contributed by atoms with Crippen molar-refractivity contribution in [2.45, 2.75) is 38.8 Å². The first-order chi connectivity index (χ1) is 13.1. The summed E-state index contributed by atoms with van der Waals surface area (Å²) in [4.78, 5) is 27.9. The highest BCUT2D eigenvalue weighted by Gasteiger charge is 2.24. The second-order valence-electron chi connectivity index (χ2n) is 7.31. The number of hydrogen-bond donors (Lipinski definition) is 0. The van der Waals surface area contributed by atoms with Gasteiger partial charge in [-0.3, -0.25) is 9.59 Å². The van der Waals surface area contributed by atoms with E-state index in [0.29, 0.717) is 17.2 Å². The lowest BCUT2D eigenvalue weighted by atomic mass is 10.0. The monoisotopic (exact) mass is 360 g/mol. The molecule has 4 nitrogen and oxygen atoms in total. The molecule has 0 N–H and O–H groups in total. The van der Waals surface area contributed by atoms with Gasteiger partial charge < -0.3 is 9.47 Å². The number of piperidine rings is 1. The van der Waals surface area contributed by atoms with Crippen LogP contribution < -0.4 is 0 Å².